The van der Waals surface area contributed by atoms with E-state index in [2.05, 4.69) is 42.1 Å². The zero-order valence-electron chi connectivity index (χ0n) is 17.3. The Balaban J connectivity index is 1.64. The molecule has 0 bridgehead atoms. The molecule has 2 aromatic heterocycles. The van der Waals surface area contributed by atoms with Crippen molar-refractivity contribution < 1.29 is 4.79 Å². The first-order valence-electron chi connectivity index (χ1n) is 10.1. The summed E-state index contributed by atoms with van der Waals surface area (Å²) in [7, 11) is 2.16. The summed E-state index contributed by atoms with van der Waals surface area (Å²) < 4.78 is 0. The van der Waals surface area contributed by atoms with Crippen LogP contribution in [0.2, 0.25) is 0 Å². The quantitative estimate of drug-likeness (QED) is 0.656. The molecular weight excluding hydrogens is 380 g/mol. The Kier molecular flexibility index (Phi) is 4.19. The van der Waals surface area contributed by atoms with Gasteiger partial charge in [-0.05, 0) is 64.0 Å². The van der Waals surface area contributed by atoms with Crippen LogP contribution in [0.3, 0.4) is 0 Å². The van der Waals surface area contributed by atoms with Crippen LogP contribution < -0.4 is 10.6 Å². The van der Waals surface area contributed by atoms with Gasteiger partial charge in [0.05, 0.1) is 5.69 Å². The van der Waals surface area contributed by atoms with Gasteiger partial charge in [-0.25, -0.2) is 4.98 Å². The van der Waals surface area contributed by atoms with E-state index in [0.29, 0.717) is 16.5 Å². The van der Waals surface area contributed by atoms with Crippen molar-refractivity contribution in [3.8, 4) is 0 Å². The Morgan fingerprint density at radius 2 is 2.03 bits per heavy atom. The third kappa shape index (κ3) is 2.77. The van der Waals surface area contributed by atoms with Crippen molar-refractivity contribution in [1.82, 2.24) is 9.88 Å². The van der Waals surface area contributed by atoms with Crippen LogP contribution in [0.15, 0.2) is 24.3 Å². The molecule has 29 heavy (non-hydrogen) atoms. The second-order valence-corrected chi connectivity index (χ2v) is 9.57. The van der Waals surface area contributed by atoms with Gasteiger partial charge in [0.2, 0.25) is 0 Å². The van der Waals surface area contributed by atoms with Crippen LogP contribution in [0.25, 0.3) is 10.2 Å². The second-order valence-electron chi connectivity index (χ2n) is 8.57. The van der Waals surface area contributed by atoms with Gasteiger partial charge >= 0.3 is 0 Å². The average molecular weight is 407 g/mol. The molecule has 0 aliphatic carbocycles. The number of carbonyl (C=O) groups is 1. The summed E-state index contributed by atoms with van der Waals surface area (Å²) >= 11 is 1.43. The number of likely N-dealkylation sites (tertiary alicyclic amines) is 1. The summed E-state index contributed by atoms with van der Waals surface area (Å²) in [6.45, 7) is 8.11. The average Bonchev–Trinajstić information content (AvgIpc) is 3.16. The molecule has 0 saturated carbocycles. The van der Waals surface area contributed by atoms with Gasteiger partial charge in [0.25, 0.3) is 5.91 Å². The van der Waals surface area contributed by atoms with Crippen molar-refractivity contribution >= 4 is 38.8 Å². The molecule has 0 spiro atoms. The van der Waals surface area contributed by atoms with Gasteiger partial charge in [-0.2, -0.15) is 0 Å². The summed E-state index contributed by atoms with van der Waals surface area (Å²) in [5, 5.41) is 0.923. The molecule has 5 nitrogen and oxygen atoms in total. The first-order valence-corrected chi connectivity index (χ1v) is 11.0. The molecule has 5 rings (SSSR count). The molecule has 2 N–H and O–H groups in total. The number of anilines is 2. The predicted octanol–water partition coefficient (Wildman–Crippen LogP) is 4.25. The molecule has 2 aliphatic heterocycles. The summed E-state index contributed by atoms with van der Waals surface area (Å²) in [4.78, 5) is 24.3. The van der Waals surface area contributed by atoms with Crippen LogP contribution in [-0.4, -0.2) is 42.0 Å². The van der Waals surface area contributed by atoms with Gasteiger partial charge in [-0.15, -0.1) is 11.3 Å². The Bertz CT molecular complexity index is 1150. The number of hydrogen-bond donors (Lipinski definition) is 1. The third-order valence-corrected chi connectivity index (χ3v) is 7.48. The highest BCUT2D eigenvalue weighted by molar-refractivity contribution is 7.21. The fourth-order valence-electron chi connectivity index (χ4n) is 5.08. The van der Waals surface area contributed by atoms with Gasteiger partial charge in [0, 0.05) is 35.3 Å². The largest absolute Gasteiger partial charge is 0.397 e. The molecule has 4 heterocycles. The third-order valence-electron chi connectivity index (χ3n) is 6.39. The number of amides is 1. The number of thiophene rings is 1. The highest BCUT2D eigenvalue weighted by Crippen LogP contribution is 2.47. The van der Waals surface area contributed by atoms with E-state index in [-0.39, 0.29) is 11.9 Å². The SMILES string of the molecule is Cc1ccc2c(c1)[C@H]1CN(C)CC[C@@H]1N2C(=O)c1sc2nc(C)cc(C)c2c1N. The summed E-state index contributed by atoms with van der Waals surface area (Å²) in [5.74, 6) is 0.370. The van der Waals surface area contributed by atoms with Crippen LogP contribution >= 0.6 is 11.3 Å². The Morgan fingerprint density at radius 1 is 1.24 bits per heavy atom. The molecule has 2 aliphatic rings. The van der Waals surface area contributed by atoms with Crippen LogP contribution in [0.4, 0.5) is 11.4 Å². The second kappa shape index (κ2) is 6.54. The zero-order valence-corrected chi connectivity index (χ0v) is 18.1. The van der Waals surface area contributed by atoms with Gasteiger partial charge < -0.3 is 15.5 Å². The molecule has 1 aromatic carbocycles. The molecule has 0 unspecified atom stereocenters. The van der Waals surface area contributed by atoms with Crippen molar-refractivity contribution in [2.45, 2.75) is 39.2 Å². The minimum absolute atomic E-state index is 0.0182. The van der Waals surface area contributed by atoms with Crippen LogP contribution in [-0.2, 0) is 0 Å². The molecule has 1 fully saturated rings. The number of likely N-dealkylation sites (N-methyl/N-ethyl adjacent to an activating group) is 1. The number of nitrogens with zero attached hydrogens (tertiary/aromatic N) is 3. The minimum atomic E-state index is 0.0182. The first-order chi connectivity index (χ1) is 13.8. The zero-order chi connectivity index (χ0) is 20.4. The fourth-order valence-corrected chi connectivity index (χ4v) is 6.24. The maximum Gasteiger partial charge on any atom is 0.270 e. The van der Waals surface area contributed by atoms with Crippen molar-refractivity contribution in [3.63, 3.8) is 0 Å². The number of carbonyl (C=O) groups excluding carboxylic acids is 1. The lowest BCUT2D eigenvalue weighted by molar-refractivity contribution is 0.0969. The lowest BCUT2D eigenvalue weighted by atomic mass is 9.89. The molecule has 1 amide bonds. The minimum Gasteiger partial charge on any atom is -0.397 e. The summed E-state index contributed by atoms with van der Waals surface area (Å²) in [5.41, 5.74) is 12.7. The van der Waals surface area contributed by atoms with E-state index in [9.17, 15) is 4.79 Å². The Labute approximate surface area is 175 Å². The van der Waals surface area contributed by atoms with Gasteiger partial charge in [-0.3, -0.25) is 4.79 Å². The molecule has 1 saturated heterocycles. The number of pyridine rings is 1. The number of rotatable bonds is 1. The van der Waals surface area contributed by atoms with E-state index in [1.165, 1.54) is 22.5 Å². The number of hydrogen-bond acceptors (Lipinski definition) is 5. The van der Waals surface area contributed by atoms with Gasteiger partial charge in [0.15, 0.2) is 0 Å². The topological polar surface area (TPSA) is 62.5 Å². The molecule has 2 atom stereocenters. The molecule has 0 radical (unpaired) electrons. The molecular formula is C23H26N4OS. The van der Waals surface area contributed by atoms with Crippen molar-refractivity contribution in [2.24, 2.45) is 0 Å². The normalized spacial score (nSPS) is 21.4. The van der Waals surface area contributed by atoms with Crippen molar-refractivity contribution in [3.05, 3.63) is 51.5 Å². The fraction of sp³-hybridized carbons (Fsp3) is 0.391. The van der Waals surface area contributed by atoms with E-state index in [4.69, 9.17) is 5.73 Å². The lowest BCUT2D eigenvalue weighted by Gasteiger charge is -2.36. The summed E-state index contributed by atoms with van der Waals surface area (Å²) in [6, 6.07) is 8.68. The van der Waals surface area contributed by atoms with Crippen LogP contribution in [0.1, 0.15) is 44.4 Å². The number of fused-ring (bicyclic) bond motifs is 4. The highest BCUT2D eigenvalue weighted by Gasteiger charge is 2.44. The smallest absolute Gasteiger partial charge is 0.270 e. The molecule has 6 heteroatoms. The van der Waals surface area contributed by atoms with E-state index < -0.39 is 0 Å². The predicted molar refractivity (Wildman–Crippen MR) is 120 cm³/mol. The van der Waals surface area contributed by atoms with E-state index in [1.54, 1.807) is 0 Å². The molecule has 3 aromatic rings. The maximum absolute atomic E-state index is 13.8. The number of aryl methyl sites for hydroxylation is 3. The number of benzene rings is 1. The van der Waals surface area contributed by atoms with Crippen LogP contribution in [0, 0.1) is 20.8 Å². The Hall–Kier alpha value is -2.44. The van der Waals surface area contributed by atoms with Gasteiger partial charge in [0.1, 0.15) is 9.71 Å². The number of nitrogen functional groups attached to an aromatic ring is 1. The highest BCUT2D eigenvalue weighted by atomic mass is 32.1. The van der Waals surface area contributed by atoms with Crippen molar-refractivity contribution in [1.29, 1.82) is 0 Å². The van der Waals surface area contributed by atoms with Crippen molar-refractivity contribution in [2.75, 3.05) is 30.8 Å². The van der Waals surface area contributed by atoms with Gasteiger partial charge in [-0.1, -0.05) is 17.7 Å². The van der Waals surface area contributed by atoms with E-state index >= 15 is 0 Å². The summed E-state index contributed by atoms with van der Waals surface area (Å²) in [6.07, 6.45) is 0.974. The number of piperidine rings is 1. The lowest BCUT2D eigenvalue weighted by Crippen LogP contribution is -2.47. The van der Waals surface area contributed by atoms with Crippen LogP contribution in [0.5, 0.6) is 0 Å². The standard InChI is InChI=1S/C23H26N4OS/c1-12-5-6-17-15(9-12)16-11-26(4)8-7-18(16)27(17)23(28)21-20(24)19-13(2)10-14(3)25-22(19)29-21/h5-6,9-10,16,18H,7-8,11,24H2,1-4H3/t16-,18+/m1/s1. The van der Waals surface area contributed by atoms with E-state index in [0.717, 1.165) is 46.7 Å². The Morgan fingerprint density at radius 3 is 2.83 bits per heavy atom. The number of nitrogens with two attached hydrogens (primary N) is 1. The maximum atomic E-state index is 13.8. The van der Waals surface area contributed by atoms with E-state index in [1.807, 2.05) is 24.8 Å². The monoisotopic (exact) mass is 406 g/mol. The number of aromatic nitrogens is 1. The first kappa shape index (κ1) is 18.6. The molecule has 150 valence electrons.